The van der Waals surface area contributed by atoms with Crippen molar-refractivity contribution < 1.29 is 4.74 Å². The maximum atomic E-state index is 6.02. The van der Waals surface area contributed by atoms with Crippen molar-refractivity contribution in [2.45, 2.75) is 5.41 Å². The summed E-state index contributed by atoms with van der Waals surface area (Å²) in [5.74, 6) is 0.884. The van der Waals surface area contributed by atoms with Crippen LogP contribution < -0.4 is 4.74 Å². The molecule has 1 aliphatic heterocycles. The van der Waals surface area contributed by atoms with Crippen LogP contribution in [0.3, 0.4) is 0 Å². The molecule has 5 rings (SSSR count). The van der Waals surface area contributed by atoms with Crippen molar-refractivity contribution in [3.05, 3.63) is 126 Å². The van der Waals surface area contributed by atoms with Crippen LogP contribution in [0.1, 0.15) is 16.7 Å². The average Bonchev–Trinajstić information content (AvgIpc) is 2.99. The Morgan fingerprint density at radius 2 is 1.12 bits per heavy atom. The van der Waals surface area contributed by atoms with E-state index in [1.165, 1.54) is 22.3 Å². The number of ether oxygens (including phenoxy) is 1. The van der Waals surface area contributed by atoms with Crippen molar-refractivity contribution in [1.82, 2.24) is 0 Å². The third kappa shape index (κ3) is 2.04. The predicted octanol–water partition coefficient (Wildman–Crippen LogP) is 6.02. The van der Waals surface area contributed by atoms with E-state index in [1.54, 1.807) is 6.26 Å². The minimum atomic E-state index is -0.362. The molecule has 0 radical (unpaired) electrons. The van der Waals surface area contributed by atoms with Gasteiger partial charge in [0.1, 0.15) is 5.75 Å². The zero-order chi connectivity index (χ0) is 17.4. The van der Waals surface area contributed by atoms with E-state index >= 15 is 0 Å². The first kappa shape index (κ1) is 15.0. The minimum Gasteiger partial charge on any atom is -0.465 e. The largest absolute Gasteiger partial charge is 0.465 e. The van der Waals surface area contributed by atoms with Gasteiger partial charge in [-0.15, -0.1) is 0 Å². The number of hydrogen-bond acceptors (Lipinski definition) is 1. The van der Waals surface area contributed by atoms with E-state index in [2.05, 4.69) is 78.9 Å². The molecule has 124 valence electrons. The molecule has 0 saturated heterocycles. The lowest BCUT2D eigenvalue weighted by atomic mass is 9.72. The molecular weight excluding hydrogens is 316 g/mol. The standard InChI is InChI=1S/C25H18O/c1-2-10-18-26-24-16-8-7-15-23(24)25(17-9-1)21-13-5-3-11-19(21)20-12-4-6-14-22(20)25/h1-18H/b2-1?,17-9+,18-10?. The molecular formula is C25H18O. The molecule has 3 aromatic carbocycles. The Hall–Kier alpha value is -3.32. The van der Waals surface area contributed by atoms with E-state index in [1.807, 2.05) is 24.3 Å². The Bertz CT molecular complexity index is 1020. The number of allylic oxidation sites excluding steroid dienone is 5. The zero-order valence-corrected chi connectivity index (χ0v) is 14.3. The van der Waals surface area contributed by atoms with Crippen molar-refractivity contribution in [2.75, 3.05) is 0 Å². The third-order valence-electron chi connectivity index (χ3n) is 5.26. The lowest BCUT2D eigenvalue weighted by Gasteiger charge is -2.31. The topological polar surface area (TPSA) is 9.23 Å². The second kappa shape index (κ2) is 5.89. The normalized spacial score (nSPS) is 17.1. The van der Waals surface area contributed by atoms with Gasteiger partial charge in [0.25, 0.3) is 0 Å². The molecule has 0 N–H and O–H groups in total. The van der Waals surface area contributed by atoms with Gasteiger partial charge in [-0.2, -0.15) is 0 Å². The van der Waals surface area contributed by atoms with E-state index < -0.39 is 0 Å². The molecule has 3 aromatic rings. The molecule has 0 bridgehead atoms. The Kier molecular flexibility index (Phi) is 3.39. The highest BCUT2D eigenvalue weighted by Crippen LogP contribution is 2.55. The van der Waals surface area contributed by atoms with Gasteiger partial charge in [-0.25, -0.2) is 0 Å². The first-order valence-corrected chi connectivity index (χ1v) is 8.88. The molecule has 0 unspecified atom stereocenters. The molecule has 0 amide bonds. The summed E-state index contributed by atoms with van der Waals surface area (Å²) in [4.78, 5) is 0. The second-order valence-electron chi connectivity index (χ2n) is 6.59. The fraction of sp³-hybridized carbons (Fsp3) is 0.0400. The average molecular weight is 334 g/mol. The number of benzene rings is 3. The molecule has 1 aliphatic carbocycles. The van der Waals surface area contributed by atoms with Crippen LogP contribution in [-0.4, -0.2) is 0 Å². The van der Waals surface area contributed by atoms with Crippen LogP contribution in [0.4, 0.5) is 0 Å². The van der Waals surface area contributed by atoms with Crippen LogP contribution in [-0.2, 0) is 5.41 Å². The molecule has 1 heterocycles. The van der Waals surface area contributed by atoms with E-state index in [0.29, 0.717) is 0 Å². The predicted molar refractivity (Wildman–Crippen MR) is 106 cm³/mol. The molecule has 0 aromatic heterocycles. The van der Waals surface area contributed by atoms with Gasteiger partial charge in [-0.3, -0.25) is 0 Å². The van der Waals surface area contributed by atoms with Gasteiger partial charge in [0.2, 0.25) is 0 Å². The van der Waals surface area contributed by atoms with Gasteiger partial charge in [-0.1, -0.05) is 91.0 Å². The summed E-state index contributed by atoms with van der Waals surface area (Å²) in [5, 5.41) is 0. The molecule has 0 fully saturated rings. The smallest absolute Gasteiger partial charge is 0.131 e. The molecule has 2 aliphatic rings. The van der Waals surface area contributed by atoms with Gasteiger partial charge < -0.3 is 4.74 Å². The van der Waals surface area contributed by atoms with Crippen LogP contribution in [0, 0.1) is 0 Å². The number of rotatable bonds is 0. The Morgan fingerprint density at radius 3 is 1.85 bits per heavy atom. The van der Waals surface area contributed by atoms with Crippen molar-refractivity contribution in [3.63, 3.8) is 0 Å². The van der Waals surface area contributed by atoms with E-state index in [0.717, 1.165) is 11.3 Å². The zero-order valence-electron chi connectivity index (χ0n) is 14.3. The molecule has 0 saturated carbocycles. The van der Waals surface area contributed by atoms with Gasteiger partial charge >= 0.3 is 0 Å². The summed E-state index contributed by atoms with van der Waals surface area (Å²) in [6.45, 7) is 0. The van der Waals surface area contributed by atoms with Crippen molar-refractivity contribution >= 4 is 0 Å². The summed E-state index contributed by atoms with van der Waals surface area (Å²) in [6.07, 6.45) is 12.1. The first-order chi connectivity index (χ1) is 12.9. The Balaban J connectivity index is 1.93. The SMILES string of the molecule is C1=C/C=C/C2(c3ccccc3OC=C1)c1ccccc1-c1ccccc12. The lowest BCUT2D eigenvalue weighted by molar-refractivity contribution is 0.469. The maximum absolute atomic E-state index is 6.02. The molecule has 26 heavy (non-hydrogen) atoms. The molecule has 1 heteroatoms. The monoisotopic (exact) mass is 334 g/mol. The van der Waals surface area contributed by atoms with Crippen LogP contribution in [0.25, 0.3) is 11.1 Å². The van der Waals surface area contributed by atoms with Gasteiger partial charge in [0.15, 0.2) is 0 Å². The number of fused-ring (bicyclic) bond motifs is 7. The van der Waals surface area contributed by atoms with Crippen LogP contribution in [0.5, 0.6) is 5.75 Å². The van der Waals surface area contributed by atoms with Crippen LogP contribution in [0.2, 0.25) is 0 Å². The van der Waals surface area contributed by atoms with Gasteiger partial charge in [-0.05, 0) is 34.4 Å². The summed E-state index contributed by atoms with van der Waals surface area (Å²) in [6, 6.07) is 25.7. The van der Waals surface area contributed by atoms with Crippen LogP contribution >= 0.6 is 0 Å². The molecule has 0 atom stereocenters. The summed E-state index contributed by atoms with van der Waals surface area (Å²) in [7, 11) is 0. The van der Waals surface area contributed by atoms with Gasteiger partial charge in [0, 0.05) is 5.56 Å². The van der Waals surface area contributed by atoms with Crippen molar-refractivity contribution in [2.24, 2.45) is 0 Å². The third-order valence-corrected chi connectivity index (χ3v) is 5.26. The quantitative estimate of drug-likeness (QED) is 0.488. The summed E-state index contributed by atoms with van der Waals surface area (Å²) in [5.41, 5.74) is 5.98. The highest BCUT2D eigenvalue weighted by atomic mass is 16.5. The van der Waals surface area contributed by atoms with Crippen LogP contribution in [0.15, 0.2) is 109 Å². The number of hydrogen-bond donors (Lipinski definition) is 0. The maximum Gasteiger partial charge on any atom is 0.131 e. The molecule has 1 nitrogen and oxygen atoms in total. The molecule has 1 spiro atoms. The Morgan fingerprint density at radius 1 is 0.538 bits per heavy atom. The first-order valence-electron chi connectivity index (χ1n) is 8.88. The second-order valence-corrected chi connectivity index (χ2v) is 6.59. The summed E-state index contributed by atoms with van der Waals surface area (Å²) < 4.78 is 6.02. The minimum absolute atomic E-state index is 0.362. The van der Waals surface area contributed by atoms with E-state index in [9.17, 15) is 0 Å². The fourth-order valence-electron chi connectivity index (χ4n) is 4.21. The van der Waals surface area contributed by atoms with Crippen molar-refractivity contribution in [3.8, 4) is 16.9 Å². The van der Waals surface area contributed by atoms with E-state index in [-0.39, 0.29) is 5.41 Å². The van der Waals surface area contributed by atoms with Crippen molar-refractivity contribution in [1.29, 1.82) is 0 Å². The highest BCUT2D eigenvalue weighted by Gasteiger charge is 2.44. The number of para-hydroxylation sites is 1. The van der Waals surface area contributed by atoms with Gasteiger partial charge in [0.05, 0.1) is 11.7 Å². The highest BCUT2D eigenvalue weighted by molar-refractivity contribution is 5.85. The summed E-state index contributed by atoms with van der Waals surface area (Å²) >= 11 is 0. The Labute approximate surface area is 153 Å². The van der Waals surface area contributed by atoms with E-state index in [4.69, 9.17) is 4.74 Å². The lowest BCUT2D eigenvalue weighted by Crippen LogP contribution is -2.25. The fourth-order valence-corrected chi connectivity index (χ4v) is 4.21.